The van der Waals surface area contributed by atoms with Gasteiger partial charge in [0.2, 0.25) is 0 Å². The van der Waals surface area contributed by atoms with Crippen LogP contribution in [0.25, 0.3) is 0 Å². The minimum absolute atomic E-state index is 0.118. The normalized spacial score (nSPS) is 15.6. The largest absolute Gasteiger partial charge is 0.313 e. The molecule has 0 saturated heterocycles. The Kier molecular flexibility index (Phi) is 4.21. The summed E-state index contributed by atoms with van der Waals surface area (Å²) in [6, 6.07) is 7.53. The quantitative estimate of drug-likeness (QED) is 0.696. The third kappa shape index (κ3) is 4.29. The minimum Gasteiger partial charge on any atom is -0.313 e. The van der Waals surface area contributed by atoms with E-state index >= 15 is 0 Å². The van der Waals surface area contributed by atoms with Crippen LogP contribution in [0.15, 0.2) is 24.3 Å². The zero-order valence-electron chi connectivity index (χ0n) is 10.4. The summed E-state index contributed by atoms with van der Waals surface area (Å²) in [5, 5.41) is 3.20. The van der Waals surface area contributed by atoms with E-state index in [9.17, 15) is 8.42 Å². The van der Waals surface area contributed by atoms with Crippen LogP contribution in [0.3, 0.4) is 0 Å². The van der Waals surface area contributed by atoms with E-state index in [-0.39, 0.29) is 6.04 Å². The maximum absolute atomic E-state index is 11.7. The highest BCUT2D eigenvalue weighted by Gasteiger charge is 2.26. The van der Waals surface area contributed by atoms with Gasteiger partial charge in [-0.3, -0.25) is 4.72 Å². The molecule has 1 aromatic rings. The second-order valence-electron chi connectivity index (χ2n) is 4.48. The molecular formula is C12H19N3O2S. The first-order valence-electron chi connectivity index (χ1n) is 6.19. The van der Waals surface area contributed by atoms with Crippen molar-refractivity contribution in [1.29, 1.82) is 0 Å². The molecule has 1 aliphatic carbocycles. The fourth-order valence-electron chi connectivity index (χ4n) is 1.62. The fraction of sp³-hybridized carbons (Fsp3) is 0.500. The number of nitrogens with one attached hydrogen (secondary N) is 3. The summed E-state index contributed by atoms with van der Waals surface area (Å²) in [4.78, 5) is 0. The first-order chi connectivity index (χ1) is 8.59. The number of benzene rings is 1. The van der Waals surface area contributed by atoms with Crippen molar-refractivity contribution in [3.63, 3.8) is 0 Å². The van der Waals surface area contributed by atoms with Crippen LogP contribution in [0.2, 0.25) is 0 Å². The molecule has 1 fully saturated rings. The topological polar surface area (TPSA) is 70.2 Å². The molecule has 2 rings (SSSR count). The van der Waals surface area contributed by atoms with Gasteiger partial charge < -0.3 is 5.32 Å². The first-order valence-corrected chi connectivity index (χ1v) is 7.67. The summed E-state index contributed by atoms with van der Waals surface area (Å²) < 4.78 is 28.6. The highest BCUT2D eigenvalue weighted by molar-refractivity contribution is 7.90. The number of anilines is 1. The Morgan fingerprint density at radius 2 is 2.11 bits per heavy atom. The standard InChI is InChI=1S/C12H19N3O2S/c1-2-13-9-10-4-3-5-12(8-10)15-18(16,17)14-11-6-7-11/h3-5,8,11,13-15H,2,6-7,9H2,1H3. The van der Waals surface area contributed by atoms with Crippen molar-refractivity contribution in [1.82, 2.24) is 10.0 Å². The van der Waals surface area contributed by atoms with Crippen LogP contribution >= 0.6 is 0 Å². The molecule has 6 heteroatoms. The molecule has 0 heterocycles. The molecule has 0 unspecified atom stereocenters. The summed E-state index contributed by atoms with van der Waals surface area (Å²) in [5.41, 5.74) is 1.65. The lowest BCUT2D eigenvalue weighted by molar-refractivity contribution is 0.586. The lowest BCUT2D eigenvalue weighted by atomic mass is 10.2. The van der Waals surface area contributed by atoms with Gasteiger partial charge in [-0.05, 0) is 37.1 Å². The van der Waals surface area contributed by atoms with Gasteiger partial charge in [0.25, 0.3) is 10.2 Å². The molecule has 3 N–H and O–H groups in total. The molecule has 1 aromatic carbocycles. The van der Waals surface area contributed by atoms with Gasteiger partial charge in [-0.15, -0.1) is 0 Å². The van der Waals surface area contributed by atoms with E-state index in [0.29, 0.717) is 5.69 Å². The average molecular weight is 269 g/mol. The molecule has 18 heavy (non-hydrogen) atoms. The molecule has 1 aliphatic rings. The molecule has 100 valence electrons. The van der Waals surface area contributed by atoms with Crippen LogP contribution in [0.4, 0.5) is 5.69 Å². The van der Waals surface area contributed by atoms with Gasteiger partial charge in [0.15, 0.2) is 0 Å². The van der Waals surface area contributed by atoms with Crippen LogP contribution in [0.1, 0.15) is 25.3 Å². The van der Waals surface area contributed by atoms with Crippen molar-refractivity contribution in [2.75, 3.05) is 11.3 Å². The molecule has 0 aliphatic heterocycles. The Balaban J connectivity index is 1.99. The lowest BCUT2D eigenvalue weighted by Crippen LogP contribution is -2.31. The smallest absolute Gasteiger partial charge is 0.299 e. The van der Waals surface area contributed by atoms with Crippen molar-refractivity contribution < 1.29 is 8.42 Å². The molecule has 0 bridgehead atoms. The van der Waals surface area contributed by atoms with Crippen LogP contribution in [-0.2, 0) is 16.8 Å². The average Bonchev–Trinajstić information content (AvgIpc) is 3.09. The summed E-state index contributed by atoms with van der Waals surface area (Å²) in [6.45, 7) is 3.66. The maximum Gasteiger partial charge on any atom is 0.299 e. The third-order valence-electron chi connectivity index (χ3n) is 2.66. The van der Waals surface area contributed by atoms with E-state index in [1.165, 1.54) is 0 Å². The summed E-state index contributed by atoms with van der Waals surface area (Å²) >= 11 is 0. The number of rotatable bonds is 7. The van der Waals surface area contributed by atoms with Crippen LogP contribution in [-0.4, -0.2) is 21.0 Å². The van der Waals surface area contributed by atoms with Gasteiger partial charge >= 0.3 is 0 Å². The Morgan fingerprint density at radius 3 is 2.78 bits per heavy atom. The second kappa shape index (κ2) is 5.69. The summed E-state index contributed by atoms with van der Waals surface area (Å²) in [7, 11) is -3.43. The van der Waals surface area contributed by atoms with Crippen LogP contribution in [0.5, 0.6) is 0 Å². The zero-order chi connectivity index (χ0) is 13.0. The molecule has 1 saturated carbocycles. The van der Waals surface area contributed by atoms with Gasteiger partial charge in [-0.2, -0.15) is 13.1 Å². The van der Waals surface area contributed by atoms with Gasteiger partial charge in [0.1, 0.15) is 0 Å². The van der Waals surface area contributed by atoms with Crippen molar-refractivity contribution in [3.05, 3.63) is 29.8 Å². The van der Waals surface area contributed by atoms with Gasteiger partial charge in [-0.1, -0.05) is 19.1 Å². The highest BCUT2D eigenvalue weighted by atomic mass is 32.2. The molecule has 5 nitrogen and oxygen atoms in total. The third-order valence-corrected chi connectivity index (χ3v) is 3.81. The molecule has 0 atom stereocenters. The molecule has 0 aromatic heterocycles. The van der Waals surface area contributed by atoms with Crippen LogP contribution in [0, 0.1) is 0 Å². The number of hydrogen-bond donors (Lipinski definition) is 3. The minimum atomic E-state index is -3.43. The molecular weight excluding hydrogens is 250 g/mol. The Morgan fingerprint density at radius 1 is 1.33 bits per heavy atom. The van der Waals surface area contributed by atoms with Gasteiger partial charge in [-0.25, -0.2) is 0 Å². The highest BCUT2D eigenvalue weighted by Crippen LogP contribution is 2.20. The van der Waals surface area contributed by atoms with E-state index in [0.717, 1.165) is 31.5 Å². The van der Waals surface area contributed by atoms with E-state index in [1.54, 1.807) is 6.07 Å². The molecule has 0 amide bonds. The predicted octanol–water partition coefficient (Wildman–Crippen LogP) is 1.20. The van der Waals surface area contributed by atoms with E-state index in [2.05, 4.69) is 14.8 Å². The van der Waals surface area contributed by atoms with E-state index in [1.807, 2.05) is 25.1 Å². The Bertz CT molecular complexity index is 498. The SMILES string of the molecule is CCNCc1cccc(NS(=O)(=O)NC2CC2)c1. The fourth-order valence-corrected chi connectivity index (χ4v) is 2.79. The zero-order valence-corrected chi connectivity index (χ0v) is 11.3. The summed E-state index contributed by atoms with van der Waals surface area (Å²) in [6.07, 6.45) is 1.86. The molecule has 0 spiro atoms. The van der Waals surface area contributed by atoms with Crippen molar-refractivity contribution in [2.45, 2.75) is 32.4 Å². The monoisotopic (exact) mass is 269 g/mol. The Hall–Kier alpha value is -1.11. The van der Waals surface area contributed by atoms with Crippen molar-refractivity contribution in [2.24, 2.45) is 0 Å². The van der Waals surface area contributed by atoms with Crippen molar-refractivity contribution in [3.8, 4) is 0 Å². The number of hydrogen-bond acceptors (Lipinski definition) is 3. The van der Waals surface area contributed by atoms with E-state index in [4.69, 9.17) is 0 Å². The van der Waals surface area contributed by atoms with Gasteiger partial charge in [0.05, 0.1) is 5.69 Å². The van der Waals surface area contributed by atoms with Gasteiger partial charge in [0, 0.05) is 12.6 Å². The summed E-state index contributed by atoms with van der Waals surface area (Å²) in [5.74, 6) is 0. The predicted molar refractivity (Wildman–Crippen MR) is 72.5 cm³/mol. The second-order valence-corrected chi connectivity index (χ2v) is 5.93. The molecule has 0 radical (unpaired) electrons. The van der Waals surface area contributed by atoms with E-state index < -0.39 is 10.2 Å². The maximum atomic E-state index is 11.7. The first kappa shape index (κ1) is 13.3. The van der Waals surface area contributed by atoms with Crippen molar-refractivity contribution >= 4 is 15.9 Å². The Labute approximate surface area is 108 Å². The lowest BCUT2D eigenvalue weighted by Gasteiger charge is -2.10. The van der Waals surface area contributed by atoms with Crippen LogP contribution < -0.4 is 14.8 Å².